The van der Waals surface area contributed by atoms with Gasteiger partial charge in [-0.2, -0.15) is 0 Å². The minimum atomic E-state index is -0.680. The van der Waals surface area contributed by atoms with Crippen LogP contribution in [0.15, 0.2) is 84.9 Å². The number of amides is 2. The first-order chi connectivity index (χ1) is 13.1. The molecule has 0 aromatic heterocycles. The first-order valence-electron chi connectivity index (χ1n) is 8.89. The summed E-state index contributed by atoms with van der Waals surface area (Å²) in [7, 11) is 0. The highest BCUT2D eigenvalue weighted by Gasteiger charge is 2.22. The summed E-state index contributed by atoms with van der Waals surface area (Å²) in [6, 6.07) is 25.5. The third-order valence-corrected chi connectivity index (χ3v) is 4.23. The molecule has 0 saturated heterocycles. The van der Waals surface area contributed by atoms with Gasteiger partial charge in [0.1, 0.15) is 6.04 Å². The van der Waals surface area contributed by atoms with Crippen molar-refractivity contribution in [3.63, 3.8) is 0 Å². The number of hydrogen-bond acceptors (Lipinski definition) is 2. The Morgan fingerprint density at radius 1 is 0.852 bits per heavy atom. The van der Waals surface area contributed by atoms with Crippen molar-refractivity contribution in [2.45, 2.75) is 19.4 Å². The number of benzene rings is 3. The maximum atomic E-state index is 12.9. The van der Waals surface area contributed by atoms with Crippen LogP contribution in [-0.2, 0) is 11.2 Å². The molecule has 0 radical (unpaired) electrons. The Morgan fingerprint density at radius 3 is 2.19 bits per heavy atom. The van der Waals surface area contributed by atoms with Crippen molar-refractivity contribution in [2.24, 2.45) is 0 Å². The highest BCUT2D eigenvalue weighted by atomic mass is 16.2. The van der Waals surface area contributed by atoms with Crippen molar-refractivity contribution in [1.29, 1.82) is 0 Å². The second-order valence-corrected chi connectivity index (χ2v) is 6.44. The molecular weight excluding hydrogens is 336 g/mol. The fraction of sp³-hybridized carbons (Fsp3) is 0.130. The molecule has 0 aliphatic heterocycles. The minimum absolute atomic E-state index is 0.242. The Labute approximate surface area is 159 Å². The average molecular weight is 358 g/mol. The SMILES string of the molecule is Cc1cccc(NC(=O)[C@H](Cc2ccccc2)NC(=O)c2ccccc2)c1. The van der Waals surface area contributed by atoms with E-state index in [1.807, 2.05) is 67.6 Å². The van der Waals surface area contributed by atoms with Crippen LogP contribution >= 0.6 is 0 Å². The van der Waals surface area contributed by atoms with Crippen molar-refractivity contribution in [2.75, 3.05) is 5.32 Å². The summed E-state index contributed by atoms with van der Waals surface area (Å²) in [6.07, 6.45) is 0.414. The van der Waals surface area contributed by atoms with Gasteiger partial charge in [0.25, 0.3) is 5.91 Å². The molecule has 0 saturated carbocycles. The quantitative estimate of drug-likeness (QED) is 0.700. The van der Waals surface area contributed by atoms with E-state index in [0.717, 1.165) is 11.1 Å². The van der Waals surface area contributed by atoms with Crippen molar-refractivity contribution in [3.8, 4) is 0 Å². The molecule has 2 amide bonds. The predicted molar refractivity (Wildman–Crippen MR) is 108 cm³/mol. The second kappa shape index (κ2) is 8.81. The van der Waals surface area contributed by atoms with E-state index < -0.39 is 6.04 Å². The van der Waals surface area contributed by atoms with Crippen LogP contribution < -0.4 is 10.6 Å². The lowest BCUT2D eigenvalue weighted by atomic mass is 10.0. The van der Waals surface area contributed by atoms with Gasteiger partial charge >= 0.3 is 0 Å². The number of aryl methyl sites for hydroxylation is 1. The first kappa shape index (κ1) is 18.4. The van der Waals surface area contributed by atoms with Crippen LogP contribution in [0.2, 0.25) is 0 Å². The molecule has 1 atom stereocenters. The Bertz CT molecular complexity index is 908. The summed E-state index contributed by atoms with van der Waals surface area (Å²) in [6.45, 7) is 1.97. The largest absolute Gasteiger partial charge is 0.340 e. The summed E-state index contributed by atoms with van der Waals surface area (Å²) >= 11 is 0. The number of carbonyl (C=O) groups is 2. The van der Waals surface area contributed by atoms with E-state index in [0.29, 0.717) is 17.7 Å². The van der Waals surface area contributed by atoms with Crippen molar-refractivity contribution in [3.05, 3.63) is 102 Å². The topological polar surface area (TPSA) is 58.2 Å². The lowest BCUT2D eigenvalue weighted by Gasteiger charge is -2.19. The zero-order valence-corrected chi connectivity index (χ0v) is 15.2. The predicted octanol–water partition coefficient (Wildman–Crippen LogP) is 3.97. The average Bonchev–Trinajstić information content (AvgIpc) is 2.69. The van der Waals surface area contributed by atoms with E-state index in [1.165, 1.54) is 0 Å². The van der Waals surface area contributed by atoms with E-state index in [4.69, 9.17) is 0 Å². The van der Waals surface area contributed by atoms with Gasteiger partial charge in [-0.1, -0.05) is 60.7 Å². The van der Waals surface area contributed by atoms with Gasteiger partial charge in [-0.25, -0.2) is 0 Å². The van der Waals surface area contributed by atoms with E-state index in [1.54, 1.807) is 24.3 Å². The number of nitrogens with one attached hydrogen (secondary N) is 2. The molecule has 3 aromatic rings. The summed E-state index contributed by atoms with van der Waals surface area (Å²) in [4.78, 5) is 25.4. The molecule has 0 aliphatic rings. The molecule has 0 spiro atoms. The molecule has 0 aliphatic carbocycles. The molecule has 0 fully saturated rings. The van der Waals surface area contributed by atoms with Gasteiger partial charge < -0.3 is 10.6 Å². The molecule has 3 aromatic carbocycles. The normalized spacial score (nSPS) is 11.4. The van der Waals surface area contributed by atoms with Crippen molar-refractivity contribution >= 4 is 17.5 Å². The molecule has 0 bridgehead atoms. The molecule has 0 heterocycles. The smallest absolute Gasteiger partial charge is 0.251 e. The molecule has 0 unspecified atom stereocenters. The highest BCUT2D eigenvalue weighted by Crippen LogP contribution is 2.12. The number of carbonyl (C=O) groups excluding carboxylic acids is 2. The van der Waals surface area contributed by atoms with Crippen molar-refractivity contribution in [1.82, 2.24) is 5.32 Å². The van der Waals surface area contributed by atoms with Crippen LogP contribution in [0.25, 0.3) is 0 Å². The zero-order valence-electron chi connectivity index (χ0n) is 15.2. The fourth-order valence-electron chi connectivity index (χ4n) is 2.84. The minimum Gasteiger partial charge on any atom is -0.340 e. The molecule has 4 nitrogen and oxygen atoms in total. The summed E-state index contributed by atoms with van der Waals surface area (Å²) in [5.41, 5.74) is 3.28. The monoisotopic (exact) mass is 358 g/mol. The van der Waals surface area contributed by atoms with Gasteiger partial charge in [0.2, 0.25) is 5.91 Å². The molecule has 27 heavy (non-hydrogen) atoms. The summed E-state index contributed by atoms with van der Waals surface area (Å²) < 4.78 is 0. The maximum absolute atomic E-state index is 12.9. The van der Waals surface area contributed by atoms with E-state index in [2.05, 4.69) is 10.6 Å². The number of hydrogen-bond donors (Lipinski definition) is 2. The molecule has 136 valence electrons. The molecular formula is C23H22N2O2. The van der Waals surface area contributed by atoms with Crippen LogP contribution in [0.3, 0.4) is 0 Å². The van der Waals surface area contributed by atoms with E-state index >= 15 is 0 Å². The number of rotatable bonds is 6. The highest BCUT2D eigenvalue weighted by molar-refractivity contribution is 6.01. The van der Waals surface area contributed by atoms with E-state index in [9.17, 15) is 9.59 Å². The van der Waals surface area contributed by atoms with Gasteiger partial charge in [0, 0.05) is 17.7 Å². The van der Waals surface area contributed by atoms with Crippen LogP contribution in [-0.4, -0.2) is 17.9 Å². The van der Waals surface area contributed by atoms with Gasteiger partial charge in [0.15, 0.2) is 0 Å². The Kier molecular flexibility index (Phi) is 6.00. The lowest BCUT2D eigenvalue weighted by Crippen LogP contribution is -2.45. The summed E-state index contributed by atoms with van der Waals surface area (Å²) in [5.74, 6) is -0.510. The zero-order chi connectivity index (χ0) is 19.1. The Balaban J connectivity index is 1.78. The third-order valence-electron chi connectivity index (χ3n) is 4.23. The fourth-order valence-corrected chi connectivity index (χ4v) is 2.84. The van der Waals surface area contributed by atoms with Crippen LogP contribution in [0.5, 0.6) is 0 Å². The van der Waals surface area contributed by atoms with Gasteiger partial charge in [-0.05, 0) is 42.3 Å². The Morgan fingerprint density at radius 2 is 1.52 bits per heavy atom. The van der Waals surface area contributed by atoms with Crippen molar-refractivity contribution < 1.29 is 9.59 Å². The van der Waals surface area contributed by atoms with E-state index in [-0.39, 0.29) is 11.8 Å². The summed E-state index contributed by atoms with van der Waals surface area (Å²) in [5, 5.41) is 5.77. The molecule has 2 N–H and O–H groups in total. The van der Waals surface area contributed by atoms with Crippen LogP contribution in [0, 0.1) is 6.92 Å². The van der Waals surface area contributed by atoms with Gasteiger partial charge in [0.05, 0.1) is 0 Å². The van der Waals surface area contributed by atoms with Crippen LogP contribution in [0.4, 0.5) is 5.69 Å². The maximum Gasteiger partial charge on any atom is 0.251 e. The third kappa shape index (κ3) is 5.28. The second-order valence-electron chi connectivity index (χ2n) is 6.44. The molecule has 3 rings (SSSR count). The lowest BCUT2D eigenvalue weighted by molar-refractivity contribution is -0.118. The van der Waals surface area contributed by atoms with Crippen LogP contribution in [0.1, 0.15) is 21.5 Å². The Hall–Kier alpha value is -3.40. The molecule has 4 heteroatoms. The first-order valence-corrected chi connectivity index (χ1v) is 8.89. The standard InChI is InChI=1S/C23H22N2O2/c1-17-9-8-14-20(15-17)24-23(27)21(16-18-10-4-2-5-11-18)25-22(26)19-12-6-3-7-13-19/h2-15,21H,16H2,1H3,(H,24,27)(H,25,26)/t21-/m0/s1. The van der Waals surface area contributed by atoms with Gasteiger partial charge in [-0.15, -0.1) is 0 Å². The number of anilines is 1. The van der Waals surface area contributed by atoms with Gasteiger partial charge in [-0.3, -0.25) is 9.59 Å².